The van der Waals surface area contributed by atoms with E-state index in [1.807, 2.05) is 0 Å². The predicted octanol–water partition coefficient (Wildman–Crippen LogP) is 1.11. The van der Waals surface area contributed by atoms with Gasteiger partial charge in [0.05, 0.1) is 20.1 Å². The summed E-state index contributed by atoms with van der Waals surface area (Å²) < 4.78 is 3.49. The Morgan fingerprint density at radius 1 is 1.29 bits per heavy atom. The van der Waals surface area contributed by atoms with Gasteiger partial charge in [-0.15, -0.1) is 0 Å². The van der Waals surface area contributed by atoms with Gasteiger partial charge in [-0.25, -0.2) is 0 Å². The number of nitrogens with one attached hydrogen (secondary N) is 1. The summed E-state index contributed by atoms with van der Waals surface area (Å²) >= 11 is 3.92. The normalized spacial score (nSPS) is 28.1. The van der Waals surface area contributed by atoms with Crippen molar-refractivity contribution in [2.75, 3.05) is 20.1 Å². The molecular weight excluding hydrogens is 196 g/mol. The van der Waals surface area contributed by atoms with E-state index in [1.54, 1.807) is 0 Å². The van der Waals surface area contributed by atoms with Gasteiger partial charge in [-0.1, -0.05) is 12.8 Å². The van der Waals surface area contributed by atoms with Crippen LogP contribution < -0.4 is 4.72 Å². The van der Waals surface area contributed by atoms with E-state index in [0.717, 1.165) is 30.4 Å². The van der Waals surface area contributed by atoms with E-state index >= 15 is 0 Å². The van der Waals surface area contributed by atoms with E-state index in [4.69, 9.17) is 0 Å². The molecular formula is C10H19N2OS+. The first kappa shape index (κ1) is 10.3. The molecule has 2 rings (SSSR count). The lowest BCUT2D eigenvalue weighted by Crippen LogP contribution is -2.70. The molecule has 0 bridgehead atoms. The fraction of sp³-hybridized carbons (Fsp3) is 0.900. The van der Waals surface area contributed by atoms with Crippen molar-refractivity contribution in [1.82, 2.24) is 4.72 Å². The van der Waals surface area contributed by atoms with E-state index in [1.165, 1.54) is 19.3 Å². The van der Waals surface area contributed by atoms with Crippen molar-refractivity contribution < 1.29 is 9.28 Å². The van der Waals surface area contributed by atoms with Crippen LogP contribution in [0.5, 0.6) is 0 Å². The summed E-state index contributed by atoms with van der Waals surface area (Å²) in [6.07, 6.45) is 5.79. The van der Waals surface area contributed by atoms with Crippen LogP contribution in [-0.4, -0.2) is 36.1 Å². The van der Waals surface area contributed by atoms with Crippen molar-refractivity contribution in [1.29, 1.82) is 0 Å². The van der Waals surface area contributed by atoms with E-state index in [0.29, 0.717) is 0 Å². The summed E-state index contributed by atoms with van der Waals surface area (Å²) in [5, 5.41) is 0. The van der Waals surface area contributed by atoms with Crippen LogP contribution in [0.2, 0.25) is 0 Å². The molecule has 2 aliphatic rings. The zero-order valence-corrected chi connectivity index (χ0v) is 9.65. The van der Waals surface area contributed by atoms with Crippen LogP contribution >= 0.6 is 12.8 Å². The van der Waals surface area contributed by atoms with Gasteiger partial charge in [0.15, 0.2) is 5.54 Å². The van der Waals surface area contributed by atoms with Crippen molar-refractivity contribution in [3.63, 3.8) is 0 Å². The smallest absolute Gasteiger partial charge is 0.291 e. The van der Waals surface area contributed by atoms with E-state index in [-0.39, 0.29) is 11.4 Å². The summed E-state index contributed by atoms with van der Waals surface area (Å²) in [5.74, 6) is 0.136. The minimum Gasteiger partial charge on any atom is -0.313 e. The van der Waals surface area contributed by atoms with Crippen molar-refractivity contribution in [3.8, 4) is 0 Å². The number of hydrogen-bond donors (Lipinski definition) is 2. The van der Waals surface area contributed by atoms with Crippen molar-refractivity contribution >= 4 is 18.7 Å². The van der Waals surface area contributed by atoms with Gasteiger partial charge in [-0.05, 0) is 6.42 Å². The van der Waals surface area contributed by atoms with Crippen LogP contribution in [0.4, 0.5) is 0 Å². The number of likely N-dealkylation sites (N-methyl/N-ethyl adjacent to an activating group) is 1. The molecule has 1 saturated carbocycles. The Bertz CT molecular complexity index is 245. The number of likely N-dealkylation sites (tertiary alicyclic amines) is 1. The number of quaternary nitrogens is 1. The maximum Gasteiger partial charge on any atom is 0.291 e. The van der Waals surface area contributed by atoms with E-state index in [2.05, 4.69) is 24.6 Å². The molecule has 4 heteroatoms. The van der Waals surface area contributed by atoms with Gasteiger partial charge >= 0.3 is 0 Å². The molecule has 1 heterocycles. The average molecular weight is 215 g/mol. The molecule has 3 nitrogen and oxygen atoms in total. The molecule has 1 N–H and O–H groups in total. The van der Waals surface area contributed by atoms with Crippen LogP contribution in [0.1, 0.15) is 32.1 Å². The second-order valence-corrected chi connectivity index (χ2v) is 5.10. The maximum atomic E-state index is 11.9. The third kappa shape index (κ3) is 1.20. The first-order valence-electron chi connectivity index (χ1n) is 5.44. The third-order valence-corrected chi connectivity index (χ3v) is 4.49. The molecule has 2 fully saturated rings. The van der Waals surface area contributed by atoms with Gasteiger partial charge in [0.25, 0.3) is 5.91 Å². The van der Waals surface area contributed by atoms with Gasteiger partial charge in [-0.3, -0.25) is 9.52 Å². The molecule has 0 atom stereocenters. The molecule has 0 radical (unpaired) electrons. The Morgan fingerprint density at radius 3 is 2.21 bits per heavy atom. The largest absolute Gasteiger partial charge is 0.313 e. The minimum absolute atomic E-state index is 0.136. The van der Waals surface area contributed by atoms with Gasteiger partial charge in [0, 0.05) is 25.7 Å². The summed E-state index contributed by atoms with van der Waals surface area (Å²) in [5.41, 5.74) is -0.141. The molecule has 1 amide bonds. The van der Waals surface area contributed by atoms with E-state index in [9.17, 15) is 4.79 Å². The Balaban J connectivity index is 2.23. The fourth-order valence-electron chi connectivity index (χ4n) is 3.09. The molecule has 0 spiro atoms. The molecule has 1 aliphatic carbocycles. The summed E-state index contributed by atoms with van der Waals surface area (Å²) in [6, 6.07) is 0. The Morgan fingerprint density at radius 2 is 1.86 bits per heavy atom. The summed E-state index contributed by atoms with van der Waals surface area (Å²) in [4.78, 5) is 11.9. The molecule has 80 valence electrons. The Hall–Kier alpha value is -0.220. The molecule has 0 unspecified atom stereocenters. The third-order valence-electron chi connectivity index (χ3n) is 4.29. The number of amides is 1. The molecule has 1 saturated heterocycles. The summed E-state index contributed by atoms with van der Waals surface area (Å²) in [6.45, 7) is 2.31. The highest BCUT2D eigenvalue weighted by Crippen LogP contribution is 2.44. The predicted molar refractivity (Wildman–Crippen MR) is 58.9 cm³/mol. The van der Waals surface area contributed by atoms with Crippen LogP contribution in [0.15, 0.2) is 0 Å². The van der Waals surface area contributed by atoms with Crippen molar-refractivity contribution in [2.24, 2.45) is 0 Å². The first-order chi connectivity index (χ1) is 6.65. The topological polar surface area (TPSA) is 29.1 Å². The van der Waals surface area contributed by atoms with Crippen molar-refractivity contribution in [3.05, 3.63) is 0 Å². The second kappa shape index (κ2) is 3.42. The molecule has 0 aromatic carbocycles. The number of hydrogen-bond acceptors (Lipinski definition) is 2. The second-order valence-electron chi connectivity index (χ2n) is 4.88. The number of thiol groups is 1. The highest BCUT2D eigenvalue weighted by molar-refractivity contribution is 7.78. The van der Waals surface area contributed by atoms with Crippen LogP contribution in [0, 0.1) is 0 Å². The lowest BCUT2D eigenvalue weighted by molar-refractivity contribution is -0.944. The Labute approximate surface area is 91.0 Å². The van der Waals surface area contributed by atoms with Crippen LogP contribution in [0.25, 0.3) is 0 Å². The summed E-state index contributed by atoms with van der Waals surface area (Å²) in [7, 11) is 2.23. The quantitative estimate of drug-likeness (QED) is 0.524. The highest BCUT2D eigenvalue weighted by Gasteiger charge is 2.58. The van der Waals surface area contributed by atoms with E-state index < -0.39 is 0 Å². The standard InChI is InChI=1S/C10H18N2OS/c1-12(7-2-3-8-12)10(5-4-6-10)9(13)11-14/h2-8H2,1H3,(H-,11,13,14)/p+1. The first-order valence-corrected chi connectivity index (χ1v) is 5.89. The maximum absolute atomic E-state index is 11.9. The average Bonchev–Trinajstić information content (AvgIpc) is 2.50. The number of carbonyl (C=O) groups is 1. The molecule has 0 aromatic heterocycles. The zero-order chi connectivity index (χ0) is 10.2. The van der Waals surface area contributed by atoms with Gasteiger partial charge in [-0.2, -0.15) is 0 Å². The lowest BCUT2D eigenvalue weighted by atomic mass is 9.73. The minimum atomic E-state index is -0.141. The molecule has 0 aromatic rings. The SMILES string of the molecule is C[N+]1(C2(C(=O)NS)CCC2)CCCC1. The molecule has 1 aliphatic heterocycles. The number of carbonyl (C=O) groups excluding carboxylic acids is 1. The van der Waals surface area contributed by atoms with Crippen LogP contribution in [-0.2, 0) is 4.79 Å². The zero-order valence-electron chi connectivity index (χ0n) is 8.75. The monoisotopic (exact) mass is 215 g/mol. The number of rotatable bonds is 2. The lowest BCUT2D eigenvalue weighted by Gasteiger charge is -2.52. The fourth-order valence-corrected chi connectivity index (χ4v) is 3.30. The van der Waals surface area contributed by atoms with Crippen molar-refractivity contribution in [2.45, 2.75) is 37.6 Å². The van der Waals surface area contributed by atoms with Gasteiger partial charge in [0.1, 0.15) is 0 Å². The molecule has 14 heavy (non-hydrogen) atoms. The van der Waals surface area contributed by atoms with Gasteiger partial charge in [0.2, 0.25) is 0 Å². The highest BCUT2D eigenvalue weighted by atomic mass is 32.1. The van der Waals surface area contributed by atoms with Crippen LogP contribution in [0.3, 0.4) is 0 Å². The number of nitrogens with zero attached hydrogens (tertiary/aromatic N) is 1. The van der Waals surface area contributed by atoms with Gasteiger partial charge < -0.3 is 4.48 Å². The Kier molecular flexibility index (Phi) is 2.52.